The van der Waals surface area contributed by atoms with Gasteiger partial charge in [0.25, 0.3) is 0 Å². The molecule has 3 nitrogen and oxygen atoms in total. The van der Waals surface area contributed by atoms with Crippen LogP contribution in [0.1, 0.15) is 71.6 Å². The summed E-state index contributed by atoms with van der Waals surface area (Å²) in [6.45, 7) is 4.26. The first-order valence-corrected chi connectivity index (χ1v) is 7.68. The molecule has 0 aromatic carbocycles. The maximum atomic E-state index is 11.9. The highest BCUT2D eigenvalue weighted by Crippen LogP contribution is 2.25. The van der Waals surface area contributed by atoms with Crippen LogP contribution in [-0.4, -0.2) is 18.0 Å². The fraction of sp³-hybridized carbons (Fsp3) is 0.933. The summed E-state index contributed by atoms with van der Waals surface area (Å²) in [5.74, 6) is 0.798. The molecular weight excluding hydrogens is 224 g/mol. The SMILES string of the molecule is CCCC(N)CC(=O)N[C@@H](C)C1CCCCCC1. The van der Waals surface area contributed by atoms with E-state index < -0.39 is 0 Å². The van der Waals surface area contributed by atoms with E-state index in [1.807, 2.05) is 0 Å². The smallest absolute Gasteiger partial charge is 0.221 e. The predicted octanol–water partition coefficient (Wildman–Crippen LogP) is 2.98. The van der Waals surface area contributed by atoms with Crippen LogP contribution in [0.2, 0.25) is 0 Å². The number of hydrogen-bond acceptors (Lipinski definition) is 2. The van der Waals surface area contributed by atoms with E-state index in [0.717, 1.165) is 12.8 Å². The minimum Gasteiger partial charge on any atom is -0.353 e. The van der Waals surface area contributed by atoms with Gasteiger partial charge in [0, 0.05) is 18.5 Å². The third-order valence-corrected chi connectivity index (χ3v) is 4.10. The Bertz CT molecular complexity index is 235. The molecule has 1 fully saturated rings. The summed E-state index contributed by atoms with van der Waals surface area (Å²) >= 11 is 0. The lowest BCUT2D eigenvalue weighted by atomic mass is 9.93. The molecule has 1 aliphatic carbocycles. The molecular formula is C15H30N2O. The van der Waals surface area contributed by atoms with E-state index in [2.05, 4.69) is 19.2 Å². The Kier molecular flexibility index (Phi) is 7.33. The van der Waals surface area contributed by atoms with E-state index in [1.165, 1.54) is 38.5 Å². The molecule has 0 aliphatic heterocycles. The van der Waals surface area contributed by atoms with Crippen LogP contribution in [0.15, 0.2) is 0 Å². The lowest BCUT2D eigenvalue weighted by Gasteiger charge is -2.24. The van der Waals surface area contributed by atoms with Gasteiger partial charge in [-0.25, -0.2) is 0 Å². The summed E-state index contributed by atoms with van der Waals surface area (Å²) < 4.78 is 0. The van der Waals surface area contributed by atoms with Crippen LogP contribution in [0, 0.1) is 5.92 Å². The van der Waals surface area contributed by atoms with Gasteiger partial charge < -0.3 is 11.1 Å². The summed E-state index contributed by atoms with van der Waals surface area (Å²) in [5.41, 5.74) is 5.90. The molecule has 1 aliphatic rings. The number of carbonyl (C=O) groups is 1. The standard InChI is InChI=1S/C15H30N2O/c1-3-8-14(16)11-15(18)17-12(2)13-9-6-4-5-7-10-13/h12-14H,3-11,16H2,1-2H3,(H,17,18)/t12-,14?/m0/s1. The summed E-state index contributed by atoms with van der Waals surface area (Å²) in [4.78, 5) is 11.9. The second-order valence-corrected chi connectivity index (χ2v) is 5.86. The largest absolute Gasteiger partial charge is 0.353 e. The Balaban J connectivity index is 2.29. The van der Waals surface area contributed by atoms with Gasteiger partial charge >= 0.3 is 0 Å². The van der Waals surface area contributed by atoms with E-state index in [1.54, 1.807) is 0 Å². The molecule has 1 amide bonds. The lowest BCUT2D eigenvalue weighted by Crippen LogP contribution is -2.40. The zero-order valence-electron chi connectivity index (χ0n) is 12.1. The molecule has 106 valence electrons. The van der Waals surface area contributed by atoms with Crippen molar-refractivity contribution in [1.29, 1.82) is 0 Å². The number of amides is 1. The molecule has 3 N–H and O–H groups in total. The zero-order chi connectivity index (χ0) is 13.4. The number of nitrogens with one attached hydrogen (secondary N) is 1. The Morgan fingerprint density at radius 1 is 1.28 bits per heavy atom. The van der Waals surface area contributed by atoms with Gasteiger partial charge in [-0.15, -0.1) is 0 Å². The molecule has 3 heteroatoms. The maximum Gasteiger partial charge on any atom is 0.221 e. The third-order valence-electron chi connectivity index (χ3n) is 4.10. The highest BCUT2D eigenvalue weighted by atomic mass is 16.1. The molecule has 0 aromatic heterocycles. The molecule has 2 atom stereocenters. The van der Waals surface area contributed by atoms with E-state index in [0.29, 0.717) is 18.4 Å². The van der Waals surface area contributed by atoms with Crippen LogP contribution in [0.4, 0.5) is 0 Å². The summed E-state index contributed by atoms with van der Waals surface area (Å²) in [7, 11) is 0. The number of rotatable bonds is 6. The first kappa shape index (κ1) is 15.5. The van der Waals surface area contributed by atoms with E-state index >= 15 is 0 Å². The van der Waals surface area contributed by atoms with Crippen LogP contribution in [-0.2, 0) is 4.79 Å². The highest BCUT2D eigenvalue weighted by Gasteiger charge is 2.21. The Morgan fingerprint density at radius 2 is 1.89 bits per heavy atom. The van der Waals surface area contributed by atoms with Gasteiger partial charge in [-0.3, -0.25) is 4.79 Å². The molecule has 0 radical (unpaired) electrons. The second kappa shape index (κ2) is 8.52. The number of nitrogens with two attached hydrogens (primary N) is 1. The molecule has 0 spiro atoms. The maximum absolute atomic E-state index is 11.9. The fourth-order valence-electron chi connectivity index (χ4n) is 2.95. The fourth-order valence-corrected chi connectivity index (χ4v) is 2.95. The van der Waals surface area contributed by atoms with E-state index in [4.69, 9.17) is 5.73 Å². The van der Waals surface area contributed by atoms with Gasteiger partial charge in [-0.05, 0) is 32.1 Å². The molecule has 0 heterocycles. The summed E-state index contributed by atoms with van der Waals surface area (Å²) in [5, 5.41) is 3.15. The van der Waals surface area contributed by atoms with Gasteiger partial charge in [0.05, 0.1) is 0 Å². The molecule has 0 bridgehead atoms. The monoisotopic (exact) mass is 254 g/mol. The van der Waals surface area contributed by atoms with Gasteiger partial charge in [-0.1, -0.05) is 39.0 Å². The molecule has 0 saturated heterocycles. The predicted molar refractivity (Wildman–Crippen MR) is 76.3 cm³/mol. The minimum atomic E-state index is 0.0244. The van der Waals surface area contributed by atoms with Crippen LogP contribution in [0.5, 0.6) is 0 Å². The molecule has 1 rings (SSSR count). The Labute approximate surface area is 112 Å². The third kappa shape index (κ3) is 5.85. The van der Waals surface area contributed by atoms with Crippen LogP contribution in [0.3, 0.4) is 0 Å². The van der Waals surface area contributed by atoms with Crippen LogP contribution in [0.25, 0.3) is 0 Å². The van der Waals surface area contributed by atoms with Crippen LogP contribution >= 0.6 is 0 Å². The van der Waals surface area contributed by atoms with E-state index in [-0.39, 0.29) is 11.9 Å². The summed E-state index contributed by atoms with van der Waals surface area (Å²) in [6, 6.07) is 0.334. The van der Waals surface area contributed by atoms with Gasteiger partial charge in [-0.2, -0.15) is 0 Å². The highest BCUT2D eigenvalue weighted by molar-refractivity contribution is 5.76. The van der Waals surface area contributed by atoms with Gasteiger partial charge in [0.1, 0.15) is 0 Å². The Morgan fingerprint density at radius 3 is 2.44 bits per heavy atom. The lowest BCUT2D eigenvalue weighted by molar-refractivity contribution is -0.122. The second-order valence-electron chi connectivity index (χ2n) is 5.86. The van der Waals surface area contributed by atoms with Crippen molar-refractivity contribution in [1.82, 2.24) is 5.32 Å². The zero-order valence-corrected chi connectivity index (χ0v) is 12.1. The molecule has 1 saturated carbocycles. The number of carbonyl (C=O) groups excluding carboxylic acids is 1. The molecule has 18 heavy (non-hydrogen) atoms. The van der Waals surface area contributed by atoms with Crippen molar-refractivity contribution in [2.75, 3.05) is 0 Å². The van der Waals surface area contributed by atoms with Gasteiger partial charge in [0.2, 0.25) is 5.91 Å². The average molecular weight is 254 g/mol. The normalized spacial score (nSPS) is 21.1. The van der Waals surface area contributed by atoms with Crippen molar-refractivity contribution in [3.8, 4) is 0 Å². The van der Waals surface area contributed by atoms with E-state index in [9.17, 15) is 4.79 Å². The Hall–Kier alpha value is -0.570. The van der Waals surface area contributed by atoms with Crippen molar-refractivity contribution in [3.05, 3.63) is 0 Å². The topological polar surface area (TPSA) is 55.1 Å². The average Bonchev–Trinajstić information content (AvgIpc) is 2.57. The molecule has 1 unspecified atom stereocenters. The van der Waals surface area contributed by atoms with Crippen LogP contribution < -0.4 is 11.1 Å². The van der Waals surface area contributed by atoms with Crippen molar-refractivity contribution >= 4 is 5.91 Å². The minimum absolute atomic E-state index is 0.0244. The summed E-state index contributed by atoms with van der Waals surface area (Å²) in [6.07, 6.45) is 10.4. The number of hydrogen-bond donors (Lipinski definition) is 2. The van der Waals surface area contributed by atoms with Crippen molar-refractivity contribution < 1.29 is 4.79 Å². The van der Waals surface area contributed by atoms with Gasteiger partial charge in [0.15, 0.2) is 0 Å². The van der Waals surface area contributed by atoms with Crippen molar-refractivity contribution in [3.63, 3.8) is 0 Å². The van der Waals surface area contributed by atoms with Crippen molar-refractivity contribution in [2.45, 2.75) is 83.7 Å². The quantitative estimate of drug-likeness (QED) is 0.716. The van der Waals surface area contributed by atoms with Crippen molar-refractivity contribution in [2.24, 2.45) is 11.7 Å². The molecule has 0 aromatic rings. The first-order chi connectivity index (χ1) is 8.63. The first-order valence-electron chi connectivity index (χ1n) is 7.68.